The number of hydrogen-bond donors (Lipinski definition) is 1. The van der Waals surface area contributed by atoms with Crippen LogP contribution in [0.1, 0.15) is 45.9 Å². The lowest BCUT2D eigenvalue weighted by atomic mass is 9.87. The molecule has 0 saturated heterocycles. The number of ether oxygens (including phenoxy) is 1. The average molecular weight is 429 g/mol. The number of fused-ring (bicyclic) bond motifs is 1. The van der Waals surface area contributed by atoms with Gasteiger partial charge in [0.25, 0.3) is 11.8 Å². The van der Waals surface area contributed by atoms with Gasteiger partial charge in [0.05, 0.1) is 11.6 Å². The van der Waals surface area contributed by atoms with Gasteiger partial charge in [0.15, 0.2) is 6.61 Å². The molecule has 1 N–H and O–H groups in total. The average Bonchev–Trinajstić information content (AvgIpc) is 2.85. The van der Waals surface area contributed by atoms with Gasteiger partial charge in [0.1, 0.15) is 5.75 Å². The molecule has 32 heavy (non-hydrogen) atoms. The molecular weight excluding hydrogens is 400 g/mol. The van der Waals surface area contributed by atoms with E-state index in [1.807, 2.05) is 49.5 Å². The van der Waals surface area contributed by atoms with Crippen LogP contribution >= 0.6 is 0 Å². The number of amides is 2. The molecule has 5 heteroatoms. The van der Waals surface area contributed by atoms with Crippen LogP contribution in [0.25, 0.3) is 0 Å². The van der Waals surface area contributed by atoms with Crippen LogP contribution < -0.4 is 10.1 Å². The molecule has 3 aromatic rings. The monoisotopic (exact) mass is 428 g/mol. The fraction of sp³-hybridized carbons (Fsp3) is 0.259. The summed E-state index contributed by atoms with van der Waals surface area (Å²) in [5.74, 6) is 0.0709. The van der Waals surface area contributed by atoms with Gasteiger partial charge in [-0.2, -0.15) is 0 Å². The van der Waals surface area contributed by atoms with Gasteiger partial charge in [-0.25, -0.2) is 0 Å². The molecule has 4 rings (SSSR count). The zero-order valence-corrected chi connectivity index (χ0v) is 18.3. The molecule has 0 bridgehead atoms. The van der Waals surface area contributed by atoms with Crippen LogP contribution in [0.4, 0.5) is 0 Å². The van der Waals surface area contributed by atoms with Crippen LogP contribution in [0.15, 0.2) is 78.9 Å². The van der Waals surface area contributed by atoms with E-state index in [0.29, 0.717) is 17.9 Å². The van der Waals surface area contributed by atoms with Crippen molar-refractivity contribution in [3.63, 3.8) is 0 Å². The molecule has 0 fully saturated rings. The van der Waals surface area contributed by atoms with Gasteiger partial charge < -0.3 is 15.0 Å². The van der Waals surface area contributed by atoms with Gasteiger partial charge >= 0.3 is 0 Å². The van der Waals surface area contributed by atoms with Crippen molar-refractivity contribution in [1.29, 1.82) is 0 Å². The summed E-state index contributed by atoms with van der Waals surface area (Å²) in [5.41, 5.74) is 3.96. The number of carbonyl (C=O) groups is 2. The lowest BCUT2D eigenvalue weighted by Crippen LogP contribution is -2.36. The minimum absolute atomic E-state index is 0.0560. The highest BCUT2D eigenvalue weighted by Gasteiger charge is 2.27. The van der Waals surface area contributed by atoms with Gasteiger partial charge in [-0.15, -0.1) is 0 Å². The van der Waals surface area contributed by atoms with Crippen molar-refractivity contribution in [1.82, 2.24) is 10.2 Å². The Balaban J connectivity index is 1.39. The summed E-state index contributed by atoms with van der Waals surface area (Å²) in [5, 5.41) is 2.91. The van der Waals surface area contributed by atoms with Crippen molar-refractivity contribution in [3.8, 4) is 5.75 Å². The first-order valence-electron chi connectivity index (χ1n) is 11.0. The minimum Gasteiger partial charge on any atom is -0.483 e. The van der Waals surface area contributed by atoms with Gasteiger partial charge in [0, 0.05) is 13.6 Å². The lowest BCUT2D eigenvalue weighted by molar-refractivity contribution is -0.134. The normalized spacial score (nSPS) is 14.8. The first kappa shape index (κ1) is 21.6. The Morgan fingerprint density at radius 1 is 0.969 bits per heavy atom. The highest BCUT2D eigenvalue weighted by molar-refractivity contribution is 5.97. The number of carbonyl (C=O) groups excluding carboxylic acids is 2. The van der Waals surface area contributed by atoms with Crippen LogP contribution in [0.2, 0.25) is 0 Å². The van der Waals surface area contributed by atoms with E-state index >= 15 is 0 Å². The third-order valence-electron chi connectivity index (χ3n) is 5.98. The highest BCUT2D eigenvalue weighted by atomic mass is 16.5. The molecule has 3 aromatic carbocycles. The zero-order valence-electron chi connectivity index (χ0n) is 18.3. The second-order valence-corrected chi connectivity index (χ2v) is 8.06. The Labute approximate surface area is 189 Å². The zero-order chi connectivity index (χ0) is 22.3. The predicted octanol–water partition coefficient (Wildman–Crippen LogP) is 4.53. The summed E-state index contributed by atoms with van der Waals surface area (Å²) in [6.07, 6.45) is 3.05. The smallest absolute Gasteiger partial charge is 0.260 e. The number of hydrogen-bond acceptors (Lipinski definition) is 3. The van der Waals surface area contributed by atoms with E-state index in [2.05, 4.69) is 17.4 Å². The fourth-order valence-corrected chi connectivity index (χ4v) is 4.20. The molecular formula is C27H28N2O3. The largest absolute Gasteiger partial charge is 0.483 e. The van der Waals surface area contributed by atoms with Crippen molar-refractivity contribution in [3.05, 3.63) is 101 Å². The van der Waals surface area contributed by atoms with Crippen LogP contribution in [0, 0.1) is 0 Å². The van der Waals surface area contributed by atoms with E-state index in [0.717, 1.165) is 24.8 Å². The molecule has 0 unspecified atom stereocenters. The molecule has 0 radical (unpaired) electrons. The van der Waals surface area contributed by atoms with E-state index in [1.165, 1.54) is 11.1 Å². The van der Waals surface area contributed by atoms with Crippen molar-refractivity contribution in [2.45, 2.75) is 31.8 Å². The Kier molecular flexibility index (Phi) is 6.85. The molecule has 1 aliphatic rings. The van der Waals surface area contributed by atoms with Crippen molar-refractivity contribution in [2.75, 3.05) is 13.7 Å². The van der Waals surface area contributed by atoms with Gasteiger partial charge in [-0.05, 0) is 48.1 Å². The van der Waals surface area contributed by atoms with E-state index < -0.39 is 0 Å². The number of rotatable bonds is 7. The fourth-order valence-electron chi connectivity index (χ4n) is 4.20. The van der Waals surface area contributed by atoms with Gasteiger partial charge in [-0.1, -0.05) is 66.7 Å². The maximum atomic E-state index is 12.9. The third-order valence-corrected chi connectivity index (χ3v) is 5.98. The lowest BCUT2D eigenvalue weighted by Gasteiger charge is -2.33. The molecule has 0 aliphatic heterocycles. The Hall–Kier alpha value is -3.60. The standard InChI is InChI=1S/C27H28N2O3/c1-29(24-16-9-13-21-12-5-6-14-22(21)24)26(30)19-32-25-17-8-7-15-23(25)27(31)28-18-20-10-3-2-4-11-20/h2-8,10-12,14-15,17,24H,9,13,16,18-19H2,1H3,(H,28,31)/t24-/m0/s1. The van der Waals surface area contributed by atoms with E-state index in [9.17, 15) is 9.59 Å². The first-order chi connectivity index (χ1) is 15.6. The minimum atomic E-state index is -0.230. The third kappa shape index (κ3) is 4.99. The van der Waals surface area contributed by atoms with E-state index in [-0.39, 0.29) is 24.5 Å². The summed E-state index contributed by atoms with van der Waals surface area (Å²) >= 11 is 0. The number of aryl methyl sites for hydroxylation is 1. The first-order valence-corrected chi connectivity index (χ1v) is 11.0. The molecule has 0 saturated carbocycles. The van der Waals surface area contributed by atoms with Gasteiger partial charge in [0.2, 0.25) is 0 Å². The van der Waals surface area contributed by atoms with E-state index in [4.69, 9.17) is 4.74 Å². The van der Waals surface area contributed by atoms with Crippen molar-refractivity contribution in [2.24, 2.45) is 0 Å². The maximum absolute atomic E-state index is 12.9. The molecule has 2 amide bonds. The molecule has 0 aromatic heterocycles. The number of nitrogens with zero attached hydrogens (tertiary/aromatic N) is 1. The molecule has 1 atom stereocenters. The van der Waals surface area contributed by atoms with Crippen LogP contribution in [0.5, 0.6) is 5.75 Å². The number of nitrogens with one attached hydrogen (secondary N) is 1. The summed E-state index contributed by atoms with van der Waals surface area (Å²) in [6.45, 7) is 0.314. The van der Waals surface area contributed by atoms with Crippen LogP contribution in [-0.4, -0.2) is 30.4 Å². The highest BCUT2D eigenvalue weighted by Crippen LogP contribution is 2.33. The summed E-state index contributed by atoms with van der Waals surface area (Å²) in [7, 11) is 1.83. The number of para-hydroxylation sites is 1. The number of likely N-dealkylation sites (N-methyl/N-ethyl adjacent to an activating group) is 1. The molecule has 0 spiro atoms. The molecule has 1 aliphatic carbocycles. The molecule has 5 nitrogen and oxygen atoms in total. The summed E-state index contributed by atoms with van der Waals surface area (Å²) in [4.78, 5) is 27.4. The van der Waals surface area contributed by atoms with E-state index in [1.54, 1.807) is 29.2 Å². The second kappa shape index (κ2) is 10.1. The van der Waals surface area contributed by atoms with Gasteiger partial charge in [-0.3, -0.25) is 9.59 Å². The summed E-state index contributed by atoms with van der Waals surface area (Å²) in [6, 6.07) is 25.1. The molecule has 0 heterocycles. The van der Waals surface area contributed by atoms with Crippen LogP contribution in [-0.2, 0) is 17.8 Å². The Bertz CT molecular complexity index is 1080. The van der Waals surface area contributed by atoms with Crippen LogP contribution in [0.3, 0.4) is 0 Å². The Morgan fingerprint density at radius 3 is 2.53 bits per heavy atom. The topological polar surface area (TPSA) is 58.6 Å². The predicted molar refractivity (Wildman–Crippen MR) is 124 cm³/mol. The number of benzene rings is 3. The maximum Gasteiger partial charge on any atom is 0.260 e. The van der Waals surface area contributed by atoms with Crippen molar-refractivity contribution < 1.29 is 14.3 Å². The Morgan fingerprint density at radius 2 is 1.69 bits per heavy atom. The second-order valence-electron chi connectivity index (χ2n) is 8.06. The summed E-state index contributed by atoms with van der Waals surface area (Å²) < 4.78 is 5.82. The quantitative estimate of drug-likeness (QED) is 0.601. The van der Waals surface area contributed by atoms with Crippen molar-refractivity contribution >= 4 is 11.8 Å². The molecule has 164 valence electrons. The SMILES string of the molecule is CN(C(=O)COc1ccccc1C(=O)NCc1ccccc1)[C@H]1CCCc2ccccc21.